The third kappa shape index (κ3) is 3.21. The molecule has 0 saturated heterocycles. The van der Waals surface area contributed by atoms with Crippen molar-refractivity contribution in [2.24, 2.45) is 0 Å². The van der Waals surface area contributed by atoms with Crippen molar-refractivity contribution in [3.63, 3.8) is 0 Å². The van der Waals surface area contributed by atoms with Gasteiger partial charge in [-0.25, -0.2) is 14.8 Å². The van der Waals surface area contributed by atoms with E-state index in [-0.39, 0.29) is 17.7 Å². The lowest BCUT2D eigenvalue weighted by Gasteiger charge is -2.11. The molecule has 0 radical (unpaired) electrons. The zero-order chi connectivity index (χ0) is 13.8. The molecule has 100 valence electrons. The largest absolute Gasteiger partial charge is 0.475 e. The van der Waals surface area contributed by atoms with Crippen LogP contribution >= 0.6 is 11.8 Å². The van der Waals surface area contributed by atoms with E-state index in [4.69, 9.17) is 10.2 Å². The second-order valence-corrected chi connectivity index (χ2v) is 5.54. The first-order valence-corrected chi connectivity index (χ1v) is 6.77. The SMILES string of the molecule is CC(CCO)Sc1nc(C(=O)O)nc2ccccc12. The predicted octanol–water partition coefficient (Wildman–Crippen LogP) is 2.19. The molecule has 0 aliphatic heterocycles. The average molecular weight is 278 g/mol. The van der Waals surface area contributed by atoms with E-state index in [0.717, 1.165) is 5.39 Å². The molecule has 0 bridgehead atoms. The van der Waals surface area contributed by atoms with Gasteiger partial charge in [0.05, 0.1) is 5.52 Å². The number of benzene rings is 1. The van der Waals surface area contributed by atoms with E-state index >= 15 is 0 Å². The Balaban J connectivity index is 2.47. The molecule has 6 heteroatoms. The number of carbonyl (C=O) groups is 1. The third-order valence-electron chi connectivity index (χ3n) is 2.61. The monoisotopic (exact) mass is 278 g/mol. The highest BCUT2D eigenvalue weighted by Gasteiger charge is 2.15. The van der Waals surface area contributed by atoms with Crippen molar-refractivity contribution in [2.75, 3.05) is 6.61 Å². The van der Waals surface area contributed by atoms with Gasteiger partial charge in [0.2, 0.25) is 5.82 Å². The zero-order valence-electron chi connectivity index (χ0n) is 10.4. The number of rotatable bonds is 5. The fourth-order valence-corrected chi connectivity index (χ4v) is 2.71. The Morgan fingerprint density at radius 2 is 2.11 bits per heavy atom. The molecule has 0 aliphatic carbocycles. The van der Waals surface area contributed by atoms with Crippen LogP contribution in [0.5, 0.6) is 0 Å². The lowest BCUT2D eigenvalue weighted by Crippen LogP contribution is -2.07. The summed E-state index contributed by atoms with van der Waals surface area (Å²) in [6, 6.07) is 7.32. The summed E-state index contributed by atoms with van der Waals surface area (Å²) in [4.78, 5) is 19.1. The molecule has 2 rings (SSSR count). The van der Waals surface area contributed by atoms with Gasteiger partial charge in [0.25, 0.3) is 0 Å². The first kappa shape index (κ1) is 13.8. The minimum absolute atomic E-state index is 0.100. The molecule has 0 spiro atoms. The van der Waals surface area contributed by atoms with Crippen LogP contribution in [0.1, 0.15) is 24.0 Å². The molecule has 1 atom stereocenters. The molecule has 1 aromatic carbocycles. The Morgan fingerprint density at radius 3 is 2.79 bits per heavy atom. The molecular weight excluding hydrogens is 264 g/mol. The van der Waals surface area contributed by atoms with Crippen LogP contribution in [0.2, 0.25) is 0 Å². The van der Waals surface area contributed by atoms with E-state index in [1.807, 2.05) is 25.1 Å². The van der Waals surface area contributed by atoms with Gasteiger partial charge in [-0.15, -0.1) is 11.8 Å². The number of aliphatic hydroxyl groups is 1. The lowest BCUT2D eigenvalue weighted by atomic mass is 10.2. The Bertz CT molecular complexity index is 603. The summed E-state index contributed by atoms with van der Waals surface area (Å²) in [5.41, 5.74) is 0.619. The summed E-state index contributed by atoms with van der Waals surface area (Å²) >= 11 is 1.45. The highest BCUT2D eigenvalue weighted by Crippen LogP contribution is 2.29. The number of hydrogen-bond acceptors (Lipinski definition) is 5. The van der Waals surface area contributed by atoms with E-state index < -0.39 is 5.97 Å². The number of fused-ring (bicyclic) bond motifs is 1. The molecule has 2 N–H and O–H groups in total. The summed E-state index contributed by atoms with van der Waals surface area (Å²) in [6.45, 7) is 2.07. The fraction of sp³-hybridized carbons (Fsp3) is 0.308. The van der Waals surface area contributed by atoms with Crippen LogP contribution in [0.4, 0.5) is 0 Å². The van der Waals surface area contributed by atoms with Crippen LogP contribution in [0.15, 0.2) is 29.3 Å². The van der Waals surface area contributed by atoms with Gasteiger partial charge < -0.3 is 10.2 Å². The van der Waals surface area contributed by atoms with Crippen molar-refractivity contribution in [2.45, 2.75) is 23.6 Å². The van der Waals surface area contributed by atoms with Crippen LogP contribution in [0, 0.1) is 0 Å². The number of carboxylic acid groups (broad SMARTS) is 1. The quantitative estimate of drug-likeness (QED) is 0.644. The van der Waals surface area contributed by atoms with Crippen LogP contribution in [0.25, 0.3) is 10.9 Å². The van der Waals surface area contributed by atoms with Crippen LogP contribution in [-0.4, -0.2) is 38.0 Å². The molecule has 0 saturated carbocycles. The Hall–Kier alpha value is -1.66. The van der Waals surface area contributed by atoms with Gasteiger partial charge >= 0.3 is 5.97 Å². The third-order valence-corrected chi connectivity index (χ3v) is 3.78. The highest BCUT2D eigenvalue weighted by molar-refractivity contribution is 8.00. The zero-order valence-corrected chi connectivity index (χ0v) is 11.2. The van der Waals surface area contributed by atoms with Crippen molar-refractivity contribution >= 4 is 28.6 Å². The fourth-order valence-electron chi connectivity index (χ4n) is 1.66. The van der Waals surface area contributed by atoms with Crippen molar-refractivity contribution in [1.29, 1.82) is 0 Å². The highest BCUT2D eigenvalue weighted by atomic mass is 32.2. The summed E-state index contributed by atoms with van der Waals surface area (Å²) in [7, 11) is 0. The molecule has 0 aliphatic rings. The van der Waals surface area contributed by atoms with E-state index in [9.17, 15) is 4.79 Å². The van der Waals surface area contributed by atoms with E-state index in [0.29, 0.717) is 17.0 Å². The van der Waals surface area contributed by atoms with Crippen LogP contribution < -0.4 is 0 Å². The lowest BCUT2D eigenvalue weighted by molar-refractivity contribution is 0.0683. The van der Waals surface area contributed by atoms with Gasteiger partial charge in [-0.2, -0.15) is 0 Å². The molecular formula is C13H14N2O3S. The molecule has 0 fully saturated rings. The van der Waals surface area contributed by atoms with Crippen molar-refractivity contribution in [3.8, 4) is 0 Å². The topological polar surface area (TPSA) is 83.3 Å². The Morgan fingerprint density at radius 1 is 1.37 bits per heavy atom. The van der Waals surface area contributed by atoms with Crippen molar-refractivity contribution < 1.29 is 15.0 Å². The molecule has 1 unspecified atom stereocenters. The average Bonchev–Trinajstić information content (AvgIpc) is 2.38. The molecule has 2 aromatic rings. The molecule has 19 heavy (non-hydrogen) atoms. The number of aromatic carboxylic acids is 1. The number of para-hydroxylation sites is 1. The van der Waals surface area contributed by atoms with Gasteiger partial charge in [0, 0.05) is 17.2 Å². The minimum atomic E-state index is -1.14. The maximum atomic E-state index is 11.0. The number of aliphatic hydroxyl groups excluding tert-OH is 1. The van der Waals surface area contributed by atoms with Gasteiger partial charge in [-0.05, 0) is 12.5 Å². The van der Waals surface area contributed by atoms with E-state index in [1.165, 1.54) is 11.8 Å². The van der Waals surface area contributed by atoms with Gasteiger partial charge in [0.1, 0.15) is 5.03 Å². The number of nitrogens with zero attached hydrogens (tertiary/aromatic N) is 2. The summed E-state index contributed by atoms with van der Waals surface area (Å²) < 4.78 is 0. The summed E-state index contributed by atoms with van der Waals surface area (Å²) in [5, 5.41) is 19.6. The molecule has 0 amide bonds. The second-order valence-electron chi connectivity index (χ2n) is 4.12. The summed E-state index contributed by atoms with van der Waals surface area (Å²) in [6.07, 6.45) is 0.630. The minimum Gasteiger partial charge on any atom is -0.475 e. The van der Waals surface area contributed by atoms with Crippen molar-refractivity contribution in [3.05, 3.63) is 30.1 Å². The van der Waals surface area contributed by atoms with Crippen molar-refractivity contribution in [1.82, 2.24) is 9.97 Å². The maximum absolute atomic E-state index is 11.0. The van der Waals surface area contributed by atoms with Gasteiger partial charge in [-0.3, -0.25) is 0 Å². The molecule has 5 nitrogen and oxygen atoms in total. The normalized spacial score (nSPS) is 12.5. The Labute approximate surface area is 114 Å². The summed E-state index contributed by atoms with van der Waals surface area (Å²) in [5.74, 6) is -1.33. The Kier molecular flexibility index (Phi) is 4.34. The first-order valence-electron chi connectivity index (χ1n) is 5.89. The van der Waals surface area contributed by atoms with Crippen LogP contribution in [0.3, 0.4) is 0 Å². The van der Waals surface area contributed by atoms with Gasteiger partial charge in [-0.1, -0.05) is 25.1 Å². The van der Waals surface area contributed by atoms with Crippen LogP contribution in [-0.2, 0) is 0 Å². The second kappa shape index (κ2) is 5.99. The first-order chi connectivity index (χ1) is 9.11. The molecule has 1 heterocycles. The molecule has 1 aromatic heterocycles. The number of carboxylic acids is 1. The number of hydrogen-bond donors (Lipinski definition) is 2. The standard InChI is InChI=1S/C13H14N2O3S/c1-8(6-7-16)19-12-9-4-2-3-5-10(9)14-11(15-12)13(17)18/h2-5,8,16H,6-7H2,1H3,(H,17,18). The maximum Gasteiger partial charge on any atom is 0.373 e. The number of aromatic nitrogens is 2. The number of thioether (sulfide) groups is 1. The van der Waals surface area contributed by atoms with Gasteiger partial charge in [0.15, 0.2) is 0 Å². The smallest absolute Gasteiger partial charge is 0.373 e. The predicted molar refractivity (Wildman–Crippen MR) is 73.5 cm³/mol. The van der Waals surface area contributed by atoms with E-state index in [2.05, 4.69) is 9.97 Å². The van der Waals surface area contributed by atoms with E-state index in [1.54, 1.807) is 6.07 Å².